The lowest BCUT2D eigenvalue weighted by molar-refractivity contribution is 0.160. The summed E-state index contributed by atoms with van der Waals surface area (Å²) in [5.41, 5.74) is 2.62. The van der Waals surface area contributed by atoms with E-state index < -0.39 is 10.0 Å². The van der Waals surface area contributed by atoms with Crippen LogP contribution < -0.4 is 4.72 Å². The minimum Gasteiger partial charge on any atom is -0.468 e. The van der Waals surface area contributed by atoms with Crippen molar-refractivity contribution in [1.82, 2.24) is 9.62 Å². The highest BCUT2D eigenvalue weighted by atomic mass is 35.5. The minimum absolute atomic E-state index is 0.189. The number of fused-ring (bicyclic) bond motifs is 1. The molecule has 0 aliphatic carbocycles. The van der Waals surface area contributed by atoms with Crippen molar-refractivity contribution in [1.29, 1.82) is 0 Å². The lowest BCUT2D eigenvalue weighted by Gasteiger charge is -2.34. The topological polar surface area (TPSA) is 62.6 Å². The number of sulfonamides is 1. The van der Waals surface area contributed by atoms with Crippen LogP contribution in [0.25, 0.3) is 0 Å². The summed E-state index contributed by atoms with van der Waals surface area (Å²) >= 11 is 5.87. The fourth-order valence-corrected chi connectivity index (χ4v) is 4.72. The van der Waals surface area contributed by atoms with E-state index >= 15 is 0 Å². The summed E-state index contributed by atoms with van der Waals surface area (Å²) in [6, 6.07) is 18.0. The van der Waals surface area contributed by atoms with Gasteiger partial charge in [-0.3, -0.25) is 4.90 Å². The van der Waals surface area contributed by atoms with Gasteiger partial charge in [0.05, 0.1) is 17.2 Å². The lowest BCUT2D eigenvalue weighted by Crippen LogP contribution is -2.40. The van der Waals surface area contributed by atoms with Gasteiger partial charge >= 0.3 is 0 Å². The van der Waals surface area contributed by atoms with Crippen molar-refractivity contribution >= 4 is 21.6 Å². The van der Waals surface area contributed by atoms with E-state index in [0.29, 0.717) is 5.02 Å². The molecule has 0 saturated carbocycles. The Kier molecular flexibility index (Phi) is 5.55. The standard InChI is InChI=1S/C21H21ClN2O3S/c22-18-7-9-19(10-8-18)28(25,26)23-14-20(21-6-3-13-27-21)24-12-11-16-4-1-2-5-17(16)15-24/h1-10,13,20,23H,11-12,14-15H2/t20-/m1/s1. The molecule has 0 bridgehead atoms. The Morgan fingerprint density at radius 1 is 1.04 bits per heavy atom. The number of benzene rings is 2. The van der Waals surface area contributed by atoms with Crippen molar-refractivity contribution in [2.75, 3.05) is 13.1 Å². The first kappa shape index (κ1) is 19.2. The van der Waals surface area contributed by atoms with Crippen LogP contribution in [-0.2, 0) is 23.0 Å². The Bertz CT molecular complexity index is 1030. The highest BCUT2D eigenvalue weighted by Crippen LogP contribution is 2.28. The predicted molar refractivity (Wildman–Crippen MR) is 109 cm³/mol. The maximum atomic E-state index is 12.7. The number of rotatable bonds is 6. The zero-order valence-corrected chi connectivity index (χ0v) is 16.8. The fourth-order valence-electron chi connectivity index (χ4n) is 3.56. The molecule has 4 rings (SSSR count). The van der Waals surface area contributed by atoms with Gasteiger partial charge in [0.2, 0.25) is 10.0 Å². The zero-order valence-electron chi connectivity index (χ0n) is 15.2. The van der Waals surface area contributed by atoms with Crippen LogP contribution in [-0.4, -0.2) is 26.4 Å². The molecule has 5 nitrogen and oxygen atoms in total. The highest BCUT2D eigenvalue weighted by molar-refractivity contribution is 7.89. The summed E-state index contributed by atoms with van der Waals surface area (Å²) in [6.45, 7) is 1.82. The third-order valence-corrected chi connectivity index (χ3v) is 6.75. The van der Waals surface area contributed by atoms with Crippen molar-refractivity contribution in [3.8, 4) is 0 Å². The second kappa shape index (κ2) is 8.09. The quantitative estimate of drug-likeness (QED) is 0.659. The van der Waals surface area contributed by atoms with Crippen molar-refractivity contribution in [2.24, 2.45) is 0 Å². The first-order valence-electron chi connectivity index (χ1n) is 9.12. The molecule has 1 aromatic heterocycles. The van der Waals surface area contributed by atoms with Crippen LogP contribution in [0, 0.1) is 0 Å². The van der Waals surface area contributed by atoms with Gasteiger partial charge in [-0.05, 0) is 53.9 Å². The smallest absolute Gasteiger partial charge is 0.240 e. The Hall–Kier alpha value is -2.12. The second-order valence-corrected chi connectivity index (χ2v) is 9.03. The number of hydrogen-bond donors (Lipinski definition) is 1. The number of furan rings is 1. The third-order valence-electron chi connectivity index (χ3n) is 5.06. The van der Waals surface area contributed by atoms with Crippen LogP contribution in [0.4, 0.5) is 0 Å². The van der Waals surface area contributed by atoms with Gasteiger partial charge in [0.15, 0.2) is 0 Å². The van der Waals surface area contributed by atoms with Crippen LogP contribution in [0.2, 0.25) is 5.02 Å². The van der Waals surface area contributed by atoms with Gasteiger partial charge in [0, 0.05) is 24.7 Å². The van der Waals surface area contributed by atoms with E-state index in [9.17, 15) is 8.42 Å². The van der Waals surface area contributed by atoms with Crippen molar-refractivity contribution in [2.45, 2.75) is 23.9 Å². The monoisotopic (exact) mass is 416 g/mol. The molecule has 1 aliphatic rings. The van der Waals surface area contributed by atoms with Gasteiger partial charge in [-0.1, -0.05) is 35.9 Å². The molecule has 1 atom stereocenters. The summed E-state index contributed by atoms with van der Waals surface area (Å²) < 4.78 is 33.8. The second-order valence-electron chi connectivity index (χ2n) is 6.83. The number of halogens is 1. The molecule has 1 N–H and O–H groups in total. The molecule has 146 valence electrons. The van der Waals surface area contributed by atoms with Crippen molar-refractivity contribution in [3.63, 3.8) is 0 Å². The predicted octanol–water partition coefficient (Wildman–Crippen LogP) is 4.01. The highest BCUT2D eigenvalue weighted by Gasteiger charge is 2.28. The molecule has 2 heterocycles. The van der Waals surface area contributed by atoms with E-state index in [1.165, 1.54) is 23.3 Å². The van der Waals surface area contributed by atoms with Crippen LogP contribution in [0.5, 0.6) is 0 Å². The molecule has 0 radical (unpaired) electrons. The Morgan fingerprint density at radius 3 is 2.50 bits per heavy atom. The SMILES string of the molecule is O=S(=O)(NC[C@H](c1ccco1)N1CCc2ccccc2C1)c1ccc(Cl)cc1. The average Bonchev–Trinajstić information content (AvgIpc) is 3.23. The summed E-state index contributed by atoms with van der Waals surface area (Å²) in [7, 11) is -3.64. The van der Waals surface area contributed by atoms with E-state index in [2.05, 4.69) is 27.8 Å². The molecule has 0 spiro atoms. The molecule has 0 fully saturated rings. The number of nitrogens with one attached hydrogen (secondary N) is 1. The maximum Gasteiger partial charge on any atom is 0.240 e. The Balaban J connectivity index is 1.54. The summed E-state index contributed by atoms with van der Waals surface area (Å²) in [5, 5.41) is 0.499. The van der Waals surface area contributed by atoms with Gasteiger partial charge in [-0.15, -0.1) is 0 Å². The van der Waals surface area contributed by atoms with Gasteiger partial charge in [-0.25, -0.2) is 13.1 Å². The third kappa shape index (κ3) is 4.15. The molecule has 7 heteroatoms. The molecule has 0 amide bonds. The Morgan fingerprint density at radius 2 is 1.79 bits per heavy atom. The molecule has 2 aromatic carbocycles. The van der Waals surface area contributed by atoms with E-state index in [1.54, 1.807) is 18.4 Å². The van der Waals surface area contributed by atoms with E-state index in [1.807, 2.05) is 18.2 Å². The van der Waals surface area contributed by atoms with Crippen LogP contribution in [0.3, 0.4) is 0 Å². The summed E-state index contributed by atoms with van der Waals surface area (Å²) in [6.07, 6.45) is 2.55. The van der Waals surface area contributed by atoms with E-state index in [0.717, 1.165) is 25.3 Å². The lowest BCUT2D eigenvalue weighted by atomic mass is 9.98. The normalized spacial score (nSPS) is 15.9. The fraction of sp³-hybridized carbons (Fsp3) is 0.238. The molecule has 3 aromatic rings. The maximum absolute atomic E-state index is 12.7. The van der Waals surface area contributed by atoms with E-state index in [-0.39, 0.29) is 17.5 Å². The van der Waals surface area contributed by atoms with Crippen molar-refractivity contribution in [3.05, 3.63) is 88.8 Å². The van der Waals surface area contributed by atoms with Crippen molar-refractivity contribution < 1.29 is 12.8 Å². The molecular weight excluding hydrogens is 396 g/mol. The summed E-state index contributed by atoms with van der Waals surface area (Å²) in [4.78, 5) is 2.45. The molecule has 28 heavy (non-hydrogen) atoms. The van der Waals surface area contributed by atoms with Crippen LogP contribution in [0.15, 0.2) is 76.2 Å². The number of hydrogen-bond acceptors (Lipinski definition) is 4. The van der Waals surface area contributed by atoms with Gasteiger partial charge in [0.1, 0.15) is 5.76 Å². The molecular formula is C21H21ClN2O3S. The average molecular weight is 417 g/mol. The summed E-state index contributed by atoms with van der Waals surface area (Å²) in [5.74, 6) is 0.748. The van der Waals surface area contributed by atoms with Gasteiger partial charge in [-0.2, -0.15) is 0 Å². The van der Waals surface area contributed by atoms with Crippen LogP contribution >= 0.6 is 11.6 Å². The van der Waals surface area contributed by atoms with Crippen LogP contribution in [0.1, 0.15) is 22.9 Å². The molecule has 0 unspecified atom stereocenters. The minimum atomic E-state index is -3.64. The van der Waals surface area contributed by atoms with Gasteiger partial charge in [0.25, 0.3) is 0 Å². The molecule has 1 aliphatic heterocycles. The zero-order chi connectivity index (χ0) is 19.6. The van der Waals surface area contributed by atoms with E-state index in [4.69, 9.17) is 16.0 Å². The molecule has 0 saturated heterocycles. The number of nitrogens with zero attached hydrogens (tertiary/aromatic N) is 1. The first-order chi connectivity index (χ1) is 13.5. The van der Waals surface area contributed by atoms with Gasteiger partial charge < -0.3 is 4.42 Å². The first-order valence-corrected chi connectivity index (χ1v) is 11.0. The largest absolute Gasteiger partial charge is 0.468 e. The Labute approximate surface area is 170 Å².